The van der Waals surface area contributed by atoms with Gasteiger partial charge in [0.2, 0.25) is 0 Å². The number of ether oxygens (including phenoxy) is 1. The molecule has 1 aromatic rings. The van der Waals surface area contributed by atoms with E-state index in [9.17, 15) is 4.79 Å². The number of hydrogen-bond acceptors (Lipinski definition) is 4. The first-order valence-electron chi connectivity index (χ1n) is 6.11. The molecule has 1 rings (SSSR count). The highest BCUT2D eigenvalue weighted by molar-refractivity contribution is 6.00. The molecule has 0 aliphatic rings. The van der Waals surface area contributed by atoms with Gasteiger partial charge >= 0.3 is 0 Å². The molecule has 0 unspecified atom stereocenters. The molecular formula is C14H21NO3. The normalized spacial score (nSPS) is 11.0. The fourth-order valence-electron chi connectivity index (χ4n) is 1.79. The molecule has 0 spiro atoms. The van der Waals surface area contributed by atoms with Gasteiger partial charge in [0.25, 0.3) is 0 Å². The molecule has 0 amide bonds. The van der Waals surface area contributed by atoms with E-state index < -0.39 is 0 Å². The fraction of sp³-hybridized carbons (Fsp3) is 0.500. The van der Waals surface area contributed by atoms with Crippen molar-refractivity contribution in [2.45, 2.75) is 19.9 Å². The minimum Gasteiger partial charge on any atom is -0.496 e. The molecule has 100 valence electrons. The molecule has 0 aliphatic heterocycles. The monoisotopic (exact) mass is 251 g/mol. The van der Waals surface area contributed by atoms with Gasteiger partial charge < -0.3 is 9.84 Å². The van der Waals surface area contributed by atoms with Crippen LogP contribution < -0.4 is 4.74 Å². The SMILES string of the molecule is COc1ccccc1C(=O)CN(CCO)C(C)C. The predicted octanol–water partition coefficient (Wildman–Crippen LogP) is 1.58. The van der Waals surface area contributed by atoms with Gasteiger partial charge in [-0.05, 0) is 26.0 Å². The third-order valence-electron chi connectivity index (χ3n) is 2.87. The molecular weight excluding hydrogens is 230 g/mol. The molecule has 1 N–H and O–H groups in total. The largest absolute Gasteiger partial charge is 0.496 e. The molecule has 4 heteroatoms. The van der Waals surface area contributed by atoms with Crippen molar-refractivity contribution in [3.05, 3.63) is 29.8 Å². The quantitative estimate of drug-likeness (QED) is 0.748. The third kappa shape index (κ3) is 3.82. The maximum absolute atomic E-state index is 12.2. The van der Waals surface area contributed by atoms with E-state index in [0.717, 1.165) is 0 Å². The number of para-hydroxylation sites is 1. The number of aliphatic hydroxyl groups excluding tert-OH is 1. The summed E-state index contributed by atoms with van der Waals surface area (Å²) >= 11 is 0. The molecule has 4 nitrogen and oxygen atoms in total. The first-order chi connectivity index (χ1) is 8.60. The highest BCUT2D eigenvalue weighted by Gasteiger charge is 2.17. The van der Waals surface area contributed by atoms with Gasteiger partial charge in [0.05, 0.1) is 25.8 Å². The molecule has 0 atom stereocenters. The minimum atomic E-state index is 0.00889. The molecule has 0 aliphatic carbocycles. The standard InChI is InChI=1S/C14H21NO3/c1-11(2)15(8-9-16)10-13(17)12-6-4-5-7-14(12)18-3/h4-7,11,16H,8-10H2,1-3H3. The van der Waals surface area contributed by atoms with Crippen molar-refractivity contribution in [1.82, 2.24) is 4.90 Å². The molecule has 0 heterocycles. The summed E-state index contributed by atoms with van der Waals surface area (Å²) in [6.45, 7) is 4.85. The molecule has 0 fully saturated rings. The number of aliphatic hydroxyl groups is 1. The summed E-state index contributed by atoms with van der Waals surface area (Å²) in [7, 11) is 1.56. The lowest BCUT2D eigenvalue weighted by atomic mass is 10.1. The zero-order chi connectivity index (χ0) is 13.5. The van der Waals surface area contributed by atoms with E-state index >= 15 is 0 Å². The van der Waals surface area contributed by atoms with Crippen LogP contribution in [0.5, 0.6) is 5.75 Å². The minimum absolute atomic E-state index is 0.00889. The van der Waals surface area contributed by atoms with Gasteiger partial charge in [-0.3, -0.25) is 9.69 Å². The van der Waals surface area contributed by atoms with Crippen LogP contribution in [0, 0.1) is 0 Å². The second-order valence-corrected chi connectivity index (χ2v) is 4.41. The molecule has 0 saturated heterocycles. The lowest BCUT2D eigenvalue weighted by Gasteiger charge is -2.24. The lowest BCUT2D eigenvalue weighted by molar-refractivity contribution is 0.0878. The van der Waals surface area contributed by atoms with Gasteiger partial charge in [-0.15, -0.1) is 0 Å². The molecule has 0 aromatic heterocycles. The number of ketones is 1. The summed E-state index contributed by atoms with van der Waals surface area (Å²) in [5.41, 5.74) is 0.587. The Hall–Kier alpha value is -1.39. The number of Topliss-reactive ketones (excluding diaryl/α,β-unsaturated/α-hetero) is 1. The number of carbonyl (C=O) groups excluding carboxylic acids is 1. The van der Waals surface area contributed by atoms with Gasteiger partial charge in [-0.1, -0.05) is 12.1 Å². The van der Waals surface area contributed by atoms with Crippen LogP contribution in [-0.4, -0.2) is 48.6 Å². The Morgan fingerprint density at radius 3 is 2.61 bits per heavy atom. The van der Waals surface area contributed by atoms with E-state index in [1.807, 2.05) is 30.9 Å². The summed E-state index contributed by atoms with van der Waals surface area (Å²) in [6, 6.07) is 7.42. The Morgan fingerprint density at radius 1 is 1.39 bits per heavy atom. The number of nitrogens with zero attached hydrogens (tertiary/aromatic N) is 1. The van der Waals surface area contributed by atoms with Crippen molar-refractivity contribution < 1.29 is 14.6 Å². The van der Waals surface area contributed by atoms with Crippen LogP contribution in [-0.2, 0) is 0 Å². The van der Waals surface area contributed by atoms with E-state index in [2.05, 4.69) is 0 Å². The van der Waals surface area contributed by atoms with Gasteiger partial charge in [0, 0.05) is 12.6 Å². The first-order valence-corrected chi connectivity index (χ1v) is 6.11. The van der Waals surface area contributed by atoms with Crippen molar-refractivity contribution in [3.8, 4) is 5.75 Å². The van der Waals surface area contributed by atoms with Crippen LogP contribution >= 0.6 is 0 Å². The molecule has 0 bridgehead atoms. The van der Waals surface area contributed by atoms with Gasteiger partial charge in [0.1, 0.15) is 5.75 Å². The maximum atomic E-state index is 12.2. The highest BCUT2D eigenvalue weighted by Crippen LogP contribution is 2.18. The number of methoxy groups -OCH3 is 1. The number of benzene rings is 1. The smallest absolute Gasteiger partial charge is 0.180 e. The average molecular weight is 251 g/mol. The fourth-order valence-corrected chi connectivity index (χ4v) is 1.79. The van der Waals surface area contributed by atoms with Gasteiger partial charge in [0.15, 0.2) is 5.78 Å². The zero-order valence-electron chi connectivity index (χ0n) is 11.2. The van der Waals surface area contributed by atoms with E-state index in [1.54, 1.807) is 19.2 Å². The number of hydrogen-bond donors (Lipinski definition) is 1. The molecule has 0 radical (unpaired) electrons. The maximum Gasteiger partial charge on any atom is 0.180 e. The van der Waals surface area contributed by atoms with Crippen molar-refractivity contribution in [1.29, 1.82) is 0 Å². The first kappa shape index (κ1) is 14.7. The predicted molar refractivity (Wildman–Crippen MR) is 71.1 cm³/mol. The van der Waals surface area contributed by atoms with Crippen LogP contribution in [0.2, 0.25) is 0 Å². The third-order valence-corrected chi connectivity index (χ3v) is 2.87. The van der Waals surface area contributed by atoms with E-state index in [0.29, 0.717) is 24.4 Å². The number of rotatable bonds is 7. The Bertz CT molecular complexity index is 390. The lowest BCUT2D eigenvalue weighted by Crippen LogP contribution is -2.37. The van der Waals surface area contributed by atoms with Crippen LogP contribution in [0.4, 0.5) is 0 Å². The second kappa shape index (κ2) is 7.13. The summed E-state index contributed by atoms with van der Waals surface area (Å²) < 4.78 is 5.18. The topological polar surface area (TPSA) is 49.8 Å². The summed E-state index contributed by atoms with van der Waals surface area (Å²) in [5, 5.41) is 8.99. The van der Waals surface area contributed by atoms with Crippen LogP contribution in [0.1, 0.15) is 24.2 Å². The Balaban J connectivity index is 2.80. The summed E-state index contributed by atoms with van der Waals surface area (Å²) in [6.07, 6.45) is 0. The van der Waals surface area contributed by atoms with Crippen LogP contribution in [0.15, 0.2) is 24.3 Å². The Morgan fingerprint density at radius 2 is 2.06 bits per heavy atom. The number of carbonyl (C=O) groups is 1. The Labute approximate surface area is 108 Å². The second-order valence-electron chi connectivity index (χ2n) is 4.41. The summed E-state index contributed by atoms with van der Waals surface area (Å²) in [4.78, 5) is 14.2. The highest BCUT2D eigenvalue weighted by atomic mass is 16.5. The van der Waals surface area contributed by atoms with Crippen LogP contribution in [0.3, 0.4) is 0 Å². The Kier molecular flexibility index (Phi) is 5.82. The van der Waals surface area contributed by atoms with Crippen LogP contribution in [0.25, 0.3) is 0 Å². The molecule has 0 saturated carbocycles. The molecule has 1 aromatic carbocycles. The average Bonchev–Trinajstić information content (AvgIpc) is 2.37. The van der Waals surface area contributed by atoms with E-state index in [4.69, 9.17) is 9.84 Å². The zero-order valence-corrected chi connectivity index (χ0v) is 11.2. The van der Waals surface area contributed by atoms with Crippen molar-refractivity contribution >= 4 is 5.78 Å². The van der Waals surface area contributed by atoms with Gasteiger partial charge in [-0.2, -0.15) is 0 Å². The molecule has 18 heavy (non-hydrogen) atoms. The van der Waals surface area contributed by atoms with Crippen molar-refractivity contribution in [2.75, 3.05) is 26.8 Å². The van der Waals surface area contributed by atoms with Gasteiger partial charge in [-0.25, -0.2) is 0 Å². The van der Waals surface area contributed by atoms with Crippen molar-refractivity contribution in [3.63, 3.8) is 0 Å². The van der Waals surface area contributed by atoms with E-state index in [-0.39, 0.29) is 18.4 Å². The summed E-state index contributed by atoms with van der Waals surface area (Å²) in [5.74, 6) is 0.602. The van der Waals surface area contributed by atoms with Crippen molar-refractivity contribution in [2.24, 2.45) is 0 Å². The van der Waals surface area contributed by atoms with E-state index in [1.165, 1.54) is 0 Å².